The van der Waals surface area contributed by atoms with Gasteiger partial charge >= 0.3 is 0 Å². The van der Waals surface area contributed by atoms with Crippen LogP contribution >= 0.6 is 11.8 Å². The second kappa shape index (κ2) is 5.94. The molecule has 2 aliphatic heterocycles. The topological polar surface area (TPSA) is 18.5 Å². The van der Waals surface area contributed by atoms with Crippen LogP contribution in [0.3, 0.4) is 0 Å². The molecule has 0 aliphatic carbocycles. The van der Waals surface area contributed by atoms with E-state index in [1.165, 1.54) is 23.6 Å². The molecule has 1 aromatic rings. The van der Waals surface area contributed by atoms with Crippen LogP contribution in [0.2, 0.25) is 0 Å². The molecular formula is C16H21FO2S. The van der Waals surface area contributed by atoms with E-state index >= 15 is 0 Å². The number of rotatable bonds is 2. The summed E-state index contributed by atoms with van der Waals surface area (Å²) in [6, 6.07) is 4.75. The van der Waals surface area contributed by atoms with Crippen molar-refractivity contribution >= 4 is 11.8 Å². The van der Waals surface area contributed by atoms with Crippen molar-refractivity contribution in [1.82, 2.24) is 0 Å². The van der Waals surface area contributed by atoms with Gasteiger partial charge in [-0.25, -0.2) is 4.39 Å². The highest BCUT2D eigenvalue weighted by Gasteiger charge is 2.39. The highest BCUT2D eigenvalue weighted by molar-refractivity contribution is 7.99. The molecular weight excluding hydrogens is 275 g/mol. The van der Waals surface area contributed by atoms with Crippen LogP contribution in [0.5, 0.6) is 5.75 Å². The fraction of sp³-hybridized carbons (Fsp3) is 0.625. The maximum atomic E-state index is 13.3. The van der Waals surface area contributed by atoms with E-state index in [9.17, 15) is 4.39 Å². The van der Waals surface area contributed by atoms with Gasteiger partial charge in [-0.3, -0.25) is 0 Å². The summed E-state index contributed by atoms with van der Waals surface area (Å²) in [6.07, 6.45) is 4.19. The zero-order chi connectivity index (χ0) is 14.0. The number of thioether (sulfide) groups is 1. The highest BCUT2D eigenvalue weighted by Crippen LogP contribution is 2.38. The first-order chi connectivity index (χ1) is 9.67. The molecule has 0 saturated carbocycles. The van der Waals surface area contributed by atoms with Crippen LogP contribution < -0.4 is 4.74 Å². The van der Waals surface area contributed by atoms with Crippen LogP contribution in [0.4, 0.5) is 4.39 Å². The Hall–Kier alpha value is -0.740. The molecule has 0 bridgehead atoms. The van der Waals surface area contributed by atoms with Crippen LogP contribution in [0, 0.1) is 12.7 Å². The molecule has 1 unspecified atom stereocenters. The predicted octanol–water partition coefficient (Wildman–Crippen LogP) is 3.96. The monoisotopic (exact) mass is 296 g/mol. The average molecular weight is 296 g/mol. The molecule has 2 aliphatic rings. The van der Waals surface area contributed by atoms with Crippen molar-refractivity contribution in [3.05, 3.63) is 29.6 Å². The summed E-state index contributed by atoms with van der Waals surface area (Å²) in [5.41, 5.74) is 1.00. The van der Waals surface area contributed by atoms with E-state index in [-0.39, 0.29) is 17.5 Å². The largest absolute Gasteiger partial charge is 0.490 e. The molecule has 2 heterocycles. The molecule has 3 rings (SSSR count). The number of ether oxygens (including phenoxy) is 2. The van der Waals surface area contributed by atoms with Crippen LogP contribution in [-0.2, 0) is 4.74 Å². The van der Waals surface area contributed by atoms with Gasteiger partial charge in [0.2, 0.25) is 0 Å². The van der Waals surface area contributed by atoms with Gasteiger partial charge in [-0.05, 0) is 42.9 Å². The van der Waals surface area contributed by atoms with Gasteiger partial charge < -0.3 is 9.47 Å². The molecule has 1 atom stereocenters. The summed E-state index contributed by atoms with van der Waals surface area (Å²) in [5, 5.41) is 0. The van der Waals surface area contributed by atoms with Crippen molar-refractivity contribution in [3.8, 4) is 5.75 Å². The van der Waals surface area contributed by atoms with Crippen LogP contribution in [0.15, 0.2) is 18.2 Å². The third-order valence-electron chi connectivity index (χ3n) is 4.30. The van der Waals surface area contributed by atoms with Crippen molar-refractivity contribution in [2.75, 3.05) is 18.1 Å². The van der Waals surface area contributed by atoms with Gasteiger partial charge in [0.15, 0.2) is 0 Å². The molecule has 1 spiro atoms. The van der Waals surface area contributed by atoms with Crippen LogP contribution in [-0.4, -0.2) is 29.8 Å². The third kappa shape index (κ3) is 3.12. The fourth-order valence-electron chi connectivity index (χ4n) is 3.06. The maximum absolute atomic E-state index is 13.3. The minimum Gasteiger partial charge on any atom is -0.490 e. The highest BCUT2D eigenvalue weighted by atomic mass is 32.2. The molecule has 0 amide bonds. The Morgan fingerprint density at radius 3 is 2.95 bits per heavy atom. The van der Waals surface area contributed by atoms with E-state index in [4.69, 9.17) is 9.47 Å². The van der Waals surface area contributed by atoms with Gasteiger partial charge in [0.25, 0.3) is 0 Å². The van der Waals surface area contributed by atoms with Crippen molar-refractivity contribution < 1.29 is 13.9 Å². The Morgan fingerprint density at radius 2 is 2.15 bits per heavy atom. The van der Waals surface area contributed by atoms with Gasteiger partial charge in [-0.15, -0.1) is 0 Å². The molecule has 0 radical (unpaired) electrons. The maximum Gasteiger partial charge on any atom is 0.126 e. The van der Waals surface area contributed by atoms with Crippen molar-refractivity contribution in [2.45, 2.75) is 44.3 Å². The zero-order valence-electron chi connectivity index (χ0n) is 11.9. The van der Waals surface area contributed by atoms with Gasteiger partial charge in [-0.1, -0.05) is 6.07 Å². The SMILES string of the molecule is Cc1ccc(F)cc1OC1CCOC2(CCSCC2)C1. The lowest BCUT2D eigenvalue weighted by atomic mass is 9.86. The van der Waals surface area contributed by atoms with E-state index in [0.717, 1.165) is 37.9 Å². The minimum absolute atomic E-state index is 0.00932. The molecule has 110 valence electrons. The molecule has 1 aromatic carbocycles. The first-order valence-electron chi connectivity index (χ1n) is 7.31. The molecule has 2 fully saturated rings. The molecule has 20 heavy (non-hydrogen) atoms. The summed E-state index contributed by atoms with van der Waals surface area (Å²) < 4.78 is 25.5. The van der Waals surface area contributed by atoms with E-state index in [1.54, 1.807) is 6.07 Å². The first-order valence-corrected chi connectivity index (χ1v) is 8.47. The van der Waals surface area contributed by atoms with E-state index < -0.39 is 0 Å². The van der Waals surface area contributed by atoms with E-state index in [2.05, 4.69) is 0 Å². The number of hydrogen-bond donors (Lipinski definition) is 0. The summed E-state index contributed by atoms with van der Waals surface area (Å²) in [6.45, 7) is 2.71. The molecule has 0 N–H and O–H groups in total. The van der Waals surface area contributed by atoms with Gasteiger partial charge in [-0.2, -0.15) is 11.8 Å². The first kappa shape index (κ1) is 14.2. The van der Waals surface area contributed by atoms with Gasteiger partial charge in [0, 0.05) is 18.9 Å². The van der Waals surface area contributed by atoms with Crippen molar-refractivity contribution in [3.63, 3.8) is 0 Å². The fourth-order valence-corrected chi connectivity index (χ4v) is 4.29. The summed E-state index contributed by atoms with van der Waals surface area (Å²) >= 11 is 2.00. The summed E-state index contributed by atoms with van der Waals surface area (Å²) in [5.74, 6) is 2.79. The molecule has 2 nitrogen and oxygen atoms in total. The normalized spacial score (nSPS) is 25.6. The molecule has 0 aromatic heterocycles. The number of aryl methyl sites for hydroxylation is 1. The summed E-state index contributed by atoms with van der Waals surface area (Å²) in [7, 11) is 0. The van der Waals surface area contributed by atoms with Crippen LogP contribution in [0.25, 0.3) is 0 Å². The van der Waals surface area contributed by atoms with Crippen molar-refractivity contribution in [2.24, 2.45) is 0 Å². The second-order valence-electron chi connectivity index (χ2n) is 5.79. The quantitative estimate of drug-likeness (QED) is 0.823. The average Bonchev–Trinajstić information content (AvgIpc) is 2.44. The summed E-state index contributed by atoms with van der Waals surface area (Å²) in [4.78, 5) is 0. The molecule has 4 heteroatoms. The second-order valence-corrected chi connectivity index (χ2v) is 7.01. The smallest absolute Gasteiger partial charge is 0.126 e. The Labute approximate surface area is 124 Å². The third-order valence-corrected chi connectivity index (χ3v) is 5.28. The Kier molecular flexibility index (Phi) is 4.22. The lowest BCUT2D eigenvalue weighted by molar-refractivity contribution is -0.116. The number of benzene rings is 1. The van der Waals surface area contributed by atoms with E-state index in [1.807, 2.05) is 18.7 Å². The number of hydrogen-bond acceptors (Lipinski definition) is 3. The lowest BCUT2D eigenvalue weighted by Gasteiger charge is -2.43. The molecule has 2 saturated heterocycles. The zero-order valence-corrected chi connectivity index (χ0v) is 12.7. The van der Waals surface area contributed by atoms with Gasteiger partial charge in [0.05, 0.1) is 12.2 Å². The minimum atomic E-state index is -0.235. The predicted molar refractivity (Wildman–Crippen MR) is 80.0 cm³/mol. The Morgan fingerprint density at radius 1 is 1.35 bits per heavy atom. The van der Waals surface area contributed by atoms with Crippen LogP contribution in [0.1, 0.15) is 31.2 Å². The number of halogens is 1. The van der Waals surface area contributed by atoms with Crippen molar-refractivity contribution in [1.29, 1.82) is 0 Å². The van der Waals surface area contributed by atoms with E-state index in [0.29, 0.717) is 5.75 Å². The van der Waals surface area contributed by atoms with Gasteiger partial charge in [0.1, 0.15) is 17.7 Å². The standard InChI is InChI=1S/C16H21FO2S/c1-12-2-3-13(17)10-15(12)19-14-4-7-18-16(11-14)5-8-20-9-6-16/h2-3,10,14H,4-9,11H2,1H3. The Balaban J connectivity index is 1.69. The Bertz CT molecular complexity index is 466. The lowest BCUT2D eigenvalue weighted by Crippen LogP contribution is -2.46.